The highest BCUT2D eigenvalue weighted by Crippen LogP contribution is 2.29. The van der Waals surface area contributed by atoms with Crippen LogP contribution in [-0.2, 0) is 4.74 Å². The number of urea groups is 2. The molecule has 3 aromatic rings. The largest absolute Gasteiger partial charge is 0.490 e. The zero-order valence-electron chi connectivity index (χ0n) is 27.6. The van der Waals surface area contributed by atoms with Crippen LogP contribution in [0.1, 0.15) is 50.4 Å². The summed E-state index contributed by atoms with van der Waals surface area (Å²) in [5.41, 5.74) is 2.02. The van der Waals surface area contributed by atoms with Crippen molar-refractivity contribution in [2.75, 3.05) is 49.3 Å². The average Bonchev–Trinajstić information content (AvgIpc) is 3.06. The van der Waals surface area contributed by atoms with Crippen molar-refractivity contribution >= 4 is 35.0 Å². The van der Waals surface area contributed by atoms with E-state index in [9.17, 15) is 19.5 Å². The number of hydrogen-bond acceptors (Lipinski definition) is 6. The molecule has 3 aromatic carbocycles. The van der Waals surface area contributed by atoms with Crippen LogP contribution < -0.4 is 20.7 Å². The first-order valence-corrected chi connectivity index (χ1v) is 16.2. The van der Waals surface area contributed by atoms with E-state index in [1.54, 1.807) is 54.1 Å². The molecule has 4 N–H and O–H groups in total. The Labute approximate surface area is 277 Å². The number of carbonyl (C=O) groups excluding carboxylic acids is 3. The number of aliphatic hydroxyl groups excluding tert-OH is 1. The van der Waals surface area contributed by atoms with Crippen molar-refractivity contribution in [3.05, 3.63) is 84.4 Å². The van der Waals surface area contributed by atoms with Gasteiger partial charge in [-0.3, -0.25) is 4.79 Å². The van der Waals surface area contributed by atoms with Gasteiger partial charge in [0.1, 0.15) is 5.75 Å². The normalized spacial score (nSPS) is 19.7. The van der Waals surface area contributed by atoms with Crippen LogP contribution in [0.3, 0.4) is 0 Å². The monoisotopic (exact) mass is 645 g/mol. The minimum atomic E-state index is -0.527. The lowest BCUT2D eigenvalue weighted by Crippen LogP contribution is -2.48. The highest BCUT2D eigenvalue weighted by Gasteiger charge is 2.31. The second-order valence-electron chi connectivity index (χ2n) is 12.1. The Hall–Kier alpha value is -4.61. The van der Waals surface area contributed by atoms with E-state index in [0.29, 0.717) is 36.0 Å². The molecule has 11 nitrogen and oxygen atoms in total. The molecular weight excluding hydrogens is 598 g/mol. The zero-order valence-corrected chi connectivity index (χ0v) is 27.6. The summed E-state index contributed by atoms with van der Waals surface area (Å²) in [5.74, 6) is -0.149. The van der Waals surface area contributed by atoms with Gasteiger partial charge in [-0.1, -0.05) is 43.3 Å². The molecule has 0 radical (unpaired) electrons. The van der Waals surface area contributed by atoms with Gasteiger partial charge in [-0.15, -0.1) is 0 Å². The summed E-state index contributed by atoms with van der Waals surface area (Å²) in [5, 5.41) is 18.7. The standard InChI is InChI=1S/C36H47N5O6/c1-25-22-41(26(2)24-42)34(43)31-21-30(38-35(44)37-28-14-7-5-8-15-28)18-19-32(31)47-27(3)13-11-12-20-46-33(25)23-40(4)36(45)39-29-16-9-6-10-17-29/h5-10,14-19,21,25-27,33,42H,11-13,20,22-24H2,1-4H3,(H,39,45)(H2,37,38,44)/t25-,26+,27-,33-/m1/s1. The maximum atomic E-state index is 14.3. The molecule has 0 bridgehead atoms. The third kappa shape index (κ3) is 10.5. The third-order valence-corrected chi connectivity index (χ3v) is 8.17. The molecule has 1 heterocycles. The first-order valence-electron chi connectivity index (χ1n) is 16.2. The van der Waals surface area contributed by atoms with Gasteiger partial charge >= 0.3 is 12.1 Å². The highest BCUT2D eigenvalue weighted by atomic mass is 16.5. The van der Waals surface area contributed by atoms with Crippen LogP contribution >= 0.6 is 0 Å². The maximum absolute atomic E-state index is 14.3. The van der Waals surface area contributed by atoms with Crippen LogP contribution in [0.15, 0.2) is 78.9 Å². The Morgan fingerprint density at radius 3 is 2.23 bits per heavy atom. The molecule has 0 aliphatic carbocycles. The SMILES string of the molecule is C[C@@H]1CCCCO[C@H](CN(C)C(=O)Nc2ccccc2)[C@H](C)CN([C@@H](C)CO)C(=O)c2cc(NC(=O)Nc3ccccc3)ccc2O1. The number of fused-ring (bicyclic) bond motifs is 1. The van der Waals surface area contributed by atoms with Gasteiger partial charge < -0.3 is 40.3 Å². The fraction of sp³-hybridized carbons (Fsp3) is 0.417. The van der Waals surface area contributed by atoms with Gasteiger partial charge in [-0.05, 0) is 75.6 Å². The van der Waals surface area contributed by atoms with E-state index in [-0.39, 0.29) is 48.8 Å². The number of benzene rings is 3. The summed E-state index contributed by atoms with van der Waals surface area (Å²) < 4.78 is 12.6. The second kappa shape index (κ2) is 17.3. The van der Waals surface area contributed by atoms with Crippen LogP contribution in [0.4, 0.5) is 26.7 Å². The molecule has 47 heavy (non-hydrogen) atoms. The molecule has 0 saturated heterocycles. The maximum Gasteiger partial charge on any atom is 0.323 e. The third-order valence-electron chi connectivity index (χ3n) is 8.17. The fourth-order valence-corrected chi connectivity index (χ4v) is 5.37. The molecule has 0 fully saturated rings. The molecule has 0 aromatic heterocycles. The molecule has 0 spiro atoms. The van der Waals surface area contributed by atoms with Crippen LogP contribution in [-0.4, -0.2) is 84.5 Å². The number of carbonyl (C=O) groups is 3. The molecule has 4 rings (SSSR count). The van der Waals surface area contributed by atoms with Crippen LogP contribution in [0.2, 0.25) is 0 Å². The van der Waals surface area contributed by atoms with E-state index in [1.807, 2.05) is 62.4 Å². The van der Waals surface area contributed by atoms with E-state index >= 15 is 0 Å². The van der Waals surface area contributed by atoms with Crippen molar-refractivity contribution in [2.24, 2.45) is 5.92 Å². The Balaban J connectivity index is 1.58. The van der Waals surface area contributed by atoms with E-state index in [1.165, 1.54) is 0 Å². The number of likely N-dealkylation sites (N-methyl/N-ethyl adjacent to an activating group) is 1. The number of rotatable bonds is 7. The Morgan fingerprint density at radius 2 is 1.57 bits per heavy atom. The molecule has 0 saturated carbocycles. The van der Waals surface area contributed by atoms with Gasteiger partial charge in [0.2, 0.25) is 0 Å². The number of amides is 5. The summed E-state index contributed by atoms with van der Waals surface area (Å²) in [7, 11) is 1.72. The predicted octanol–water partition coefficient (Wildman–Crippen LogP) is 6.29. The summed E-state index contributed by atoms with van der Waals surface area (Å²) in [6.07, 6.45) is 1.83. The van der Waals surface area contributed by atoms with E-state index in [2.05, 4.69) is 16.0 Å². The van der Waals surface area contributed by atoms with Crippen molar-refractivity contribution in [2.45, 2.75) is 58.3 Å². The lowest BCUT2D eigenvalue weighted by atomic mass is 10.0. The Kier molecular flexibility index (Phi) is 13.0. The zero-order chi connectivity index (χ0) is 33.8. The first kappa shape index (κ1) is 35.2. The molecule has 1 aliphatic rings. The van der Waals surface area contributed by atoms with Crippen molar-refractivity contribution in [3.63, 3.8) is 0 Å². The lowest BCUT2D eigenvalue weighted by molar-refractivity contribution is -0.0115. The average molecular weight is 646 g/mol. The quantitative estimate of drug-likeness (QED) is 0.239. The number of nitrogens with one attached hydrogen (secondary N) is 3. The first-order chi connectivity index (χ1) is 22.6. The van der Waals surface area contributed by atoms with Gasteiger partial charge in [0.05, 0.1) is 30.4 Å². The van der Waals surface area contributed by atoms with E-state index in [4.69, 9.17) is 9.47 Å². The van der Waals surface area contributed by atoms with Gasteiger partial charge in [0.25, 0.3) is 5.91 Å². The fourth-order valence-electron chi connectivity index (χ4n) is 5.37. The minimum Gasteiger partial charge on any atom is -0.490 e. The van der Waals surface area contributed by atoms with Crippen LogP contribution in [0.25, 0.3) is 0 Å². The number of para-hydroxylation sites is 2. The van der Waals surface area contributed by atoms with Gasteiger partial charge in [0.15, 0.2) is 0 Å². The summed E-state index contributed by atoms with van der Waals surface area (Å²) in [6.45, 7) is 6.51. The lowest BCUT2D eigenvalue weighted by Gasteiger charge is -2.35. The van der Waals surface area contributed by atoms with Gasteiger partial charge in [-0.25, -0.2) is 9.59 Å². The summed E-state index contributed by atoms with van der Waals surface area (Å²) in [6, 6.07) is 22.1. The molecule has 1 aliphatic heterocycles. The predicted molar refractivity (Wildman–Crippen MR) is 184 cm³/mol. The van der Waals surface area contributed by atoms with Crippen molar-refractivity contribution in [3.8, 4) is 5.75 Å². The molecule has 252 valence electrons. The number of ether oxygens (including phenoxy) is 2. The van der Waals surface area contributed by atoms with Gasteiger partial charge in [-0.2, -0.15) is 0 Å². The molecular formula is C36H47N5O6. The van der Waals surface area contributed by atoms with Crippen LogP contribution in [0, 0.1) is 5.92 Å². The van der Waals surface area contributed by atoms with Crippen molar-refractivity contribution < 1.29 is 29.0 Å². The Morgan fingerprint density at radius 1 is 0.936 bits per heavy atom. The topological polar surface area (TPSA) is 132 Å². The summed E-state index contributed by atoms with van der Waals surface area (Å²) in [4.78, 5) is 43.3. The number of nitrogens with zero attached hydrogens (tertiary/aromatic N) is 2. The highest BCUT2D eigenvalue weighted by molar-refractivity contribution is 6.02. The minimum absolute atomic E-state index is 0.184. The van der Waals surface area contributed by atoms with E-state index < -0.39 is 12.1 Å². The molecule has 4 atom stereocenters. The summed E-state index contributed by atoms with van der Waals surface area (Å²) >= 11 is 0. The van der Waals surface area contributed by atoms with Crippen LogP contribution in [0.5, 0.6) is 5.75 Å². The number of aliphatic hydroxyl groups is 1. The van der Waals surface area contributed by atoms with Gasteiger partial charge in [0, 0.05) is 49.7 Å². The van der Waals surface area contributed by atoms with Crippen molar-refractivity contribution in [1.82, 2.24) is 9.80 Å². The molecule has 5 amide bonds. The van der Waals surface area contributed by atoms with Crippen molar-refractivity contribution in [1.29, 1.82) is 0 Å². The smallest absolute Gasteiger partial charge is 0.323 e. The second-order valence-corrected chi connectivity index (χ2v) is 12.1. The number of anilines is 3. The molecule has 0 unspecified atom stereocenters. The number of hydrogen-bond donors (Lipinski definition) is 4. The molecule has 11 heteroatoms. The van der Waals surface area contributed by atoms with E-state index in [0.717, 1.165) is 19.3 Å². The Bertz CT molecular complexity index is 1460.